The quantitative estimate of drug-likeness (QED) is 0.643. The third-order valence-electron chi connectivity index (χ3n) is 2.08. The van der Waals surface area contributed by atoms with Gasteiger partial charge < -0.3 is 9.94 Å². The van der Waals surface area contributed by atoms with Crippen molar-refractivity contribution in [1.29, 1.82) is 0 Å². The Kier molecular flexibility index (Phi) is 3.86. The highest BCUT2D eigenvalue weighted by Crippen LogP contribution is 2.23. The molecule has 0 aliphatic heterocycles. The number of nitro groups is 1. The molecular weight excluding hydrogens is 228 g/mol. The summed E-state index contributed by atoms with van der Waals surface area (Å²) in [4.78, 5) is 25.8. The van der Waals surface area contributed by atoms with Gasteiger partial charge in [0.2, 0.25) is 0 Å². The van der Waals surface area contributed by atoms with Gasteiger partial charge in [-0.05, 0) is 26.0 Å². The van der Waals surface area contributed by atoms with Gasteiger partial charge in [0.1, 0.15) is 0 Å². The summed E-state index contributed by atoms with van der Waals surface area (Å²) in [7, 11) is 0. The fourth-order valence-electron chi connectivity index (χ4n) is 1.26. The Labute approximate surface area is 97.3 Å². The van der Waals surface area contributed by atoms with Crippen LogP contribution in [0.3, 0.4) is 0 Å². The van der Waals surface area contributed by atoms with E-state index in [0.29, 0.717) is 5.56 Å². The molecule has 0 aliphatic rings. The second kappa shape index (κ2) is 5.15. The van der Waals surface area contributed by atoms with Gasteiger partial charge in [-0.25, -0.2) is 4.79 Å². The lowest BCUT2D eigenvalue weighted by Crippen LogP contribution is -2.32. The average Bonchev–Trinajstić information content (AvgIpc) is 2.24. The zero-order chi connectivity index (χ0) is 13.0. The number of nitro benzene ring substituents is 1. The van der Waals surface area contributed by atoms with Crippen LogP contribution >= 0.6 is 0 Å². The largest absolute Gasteiger partial charge is 0.463 e. The SMILES string of the molecule is CCN(Oc1ccc([N+](=O)[O-])c(C)c1)C(=O)O. The maximum Gasteiger partial charge on any atom is 0.440 e. The topological polar surface area (TPSA) is 92.9 Å². The van der Waals surface area contributed by atoms with E-state index in [-0.39, 0.29) is 18.0 Å². The van der Waals surface area contributed by atoms with E-state index in [1.165, 1.54) is 18.2 Å². The predicted molar refractivity (Wildman–Crippen MR) is 58.9 cm³/mol. The van der Waals surface area contributed by atoms with E-state index in [1.807, 2.05) is 0 Å². The number of carboxylic acid groups (broad SMARTS) is 1. The number of aryl methyl sites for hydroxylation is 1. The van der Waals surface area contributed by atoms with Crippen LogP contribution in [0.1, 0.15) is 12.5 Å². The monoisotopic (exact) mass is 240 g/mol. The van der Waals surface area contributed by atoms with Gasteiger partial charge in [-0.2, -0.15) is 0 Å². The molecule has 0 unspecified atom stereocenters. The van der Waals surface area contributed by atoms with Crippen LogP contribution in [0.15, 0.2) is 18.2 Å². The molecule has 92 valence electrons. The van der Waals surface area contributed by atoms with Crippen LogP contribution in [0.4, 0.5) is 10.5 Å². The number of carbonyl (C=O) groups is 1. The van der Waals surface area contributed by atoms with Gasteiger partial charge in [0.15, 0.2) is 5.75 Å². The fraction of sp³-hybridized carbons (Fsp3) is 0.300. The molecule has 0 atom stereocenters. The third kappa shape index (κ3) is 3.07. The molecule has 7 heteroatoms. The number of hydrogen-bond acceptors (Lipinski definition) is 4. The Balaban J connectivity index is 2.90. The zero-order valence-corrected chi connectivity index (χ0v) is 9.41. The second-order valence-electron chi connectivity index (χ2n) is 3.27. The van der Waals surface area contributed by atoms with E-state index in [0.717, 1.165) is 5.06 Å². The molecule has 1 N–H and O–H groups in total. The number of nitrogens with zero attached hydrogens (tertiary/aromatic N) is 2. The predicted octanol–water partition coefficient (Wildman–Crippen LogP) is 2.20. The van der Waals surface area contributed by atoms with Crippen LogP contribution < -0.4 is 4.84 Å². The lowest BCUT2D eigenvalue weighted by Gasteiger charge is -2.17. The summed E-state index contributed by atoms with van der Waals surface area (Å²) in [5.41, 5.74) is 0.379. The molecule has 0 saturated heterocycles. The van der Waals surface area contributed by atoms with Crippen molar-refractivity contribution in [2.75, 3.05) is 6.54 Å². The van der Waals surface area contributed by atoms with E-state index in [4.69, 9.17) is 9.94 Å². The molecule has 0 spiro atoms. The Morgan fingerprint density at radius 2 is 2.24 bits per heavy atom. The van der Waals surface area contributed by atoms with Crippen LogP contribution in [-0.2, 0) is 0 Å². The van der Waals surface area contributed by atoms with E-state index in [2.05, 4.69) is 0 Å². The molecular formula is C10H12N2O5. The molecule has 0 radical (unpaired) electrons. The molecule has 0 fully saturated rings. The number of amides is 1. The molecule has 1 rings (SSSR count). The molecule has 0 aromatic heterocycles. The van der Waals surface area contributed by atoms with E-state index >= 15 is 0 Å². The van der Waals surface area contributed by atoms with Crippen LogP contribution in [0, 0.1) is 17.0 Å². The average molecular weight is 240 g/mol. The Hall–Kier alpha value is -2.31. The first-order valence-corrected chi connectivity index (χ1v) is 4.89. The van der Waals surface area contributed by atoms with Gasteiger partial charge >= 0.3 is 6.09 Å². The first-order valence-electron chi connectivity index (χ1n) is 4.89. The highest BCUT2D eigenvalue weighted by Gasteiger charge is 2.15. The summed E-state index contributed by atoms with van der Waals surface area (Å²) in [6.45, 7) is 3.33. The van der Waals surface area contributed by atoms with Crippen LogP contribution in [0.5, 0.6) is 5.75 Å². The van der Waals surface area contributed by atoms with Gasteiger partial charge in [0.25, 0.3) is 5.69 Å². The van der Waals surface area contributed by atoms with Crippen molar-refractivity contribution >= 4 is 11.8 Å². The van der Waals surface area contributed by atoms with Crippen molar-refractivity contribution in [2.24, 2.45) is 0 Å². The Bertz CT molecular complexity index is 446. The minimum atomic E-state index is -1.22. The van der Waals surface area contributed by atoms with Crippen molar-refractivity contribution in [2.45, 2.75) is 13.8 Å². The minimum absolute atomic E-state index is 0.0317. The lowest BCUT2D eigenvalue weighted by atomic mass is 10.2. The first kappa shape index (κ1) is 12.8. The number of benzene rings is 1. The normalized spacial score (nSPS) is 9.76. The molecule has 1 amide bonds. The first-order chi connectivity index (χ1) is 7.95. The van der Waals surface area contributed by atoms with Crippen molar-refractivity contribution in [1.82, 2.24) is 5.06 Å². The highest BCUT2D eigenvalue weighted by molar-refractivity contribution is 5.63. The molecule has 17 heavy (non-hydrogen) atoms. The van der Waals surface area contributed by atoms with Crippen molar-refractivity contribution in [3.05, 3.63) is 33.9 Å². The van der Waals surface area contributed by atoms with Crippen LogP contribution in [-0.4, -0.2) is 27.7 Å². The van der Waals surface area contributed by atoms with Gasteiger partial charge in [-0.3, -0.25) is 10.1 Å². The molecule has 7 nitrogen and oxygen atoms in total. The Morgan fingerprint density at radius 3 is 2.65 bits per heavy atom. The van der Waals surface area contributed by atoms with Gasteiger partial charge in [-0.15, -0.1) is 5.06 Å². The summed E-state index contributed by atoms with van der Waals surface area (Å²) in [6.07, 6.45) is -1.22. The van der Waals surface area contributed by atoms with Gasteiger partial charge in [0, 0.05) is 11.6 Å². The second-order valence-corrected chi connectivity index (χ2v) is 3.27. The zero-order valence-electron chi connectivity index (χ0n) is 9.41. The minimum Gasteiger partial charge on any atom is -0.463 e. The maximum atomic E-state index is 10.7. The fourth-order valence-corrected chi connectivity index (χ4v) is 1.26. The summed E-state index contributed by atoms with van der Waals surface area (Å²) in [6, 6.07) is 4.06. The molecule has 0 aliphatic carbocycles. The summed E-state index contributed by atoms with van der Waals surface area (Å²) in [5.74, 6) is 0.248. The smallest absolute Gasteiger partial charge is 0.440 e. The third-order valence-corrected chi connectivity index (χ3v) is 2.08. The summed E-state index contributed by atoms with van der Waals surface area (Å²) in [5, 5.41) is 20.1. The van der Waals surface area contributed by atoms with Gasteiger partial charge in [0.05, 0.1) is 11.5 Å². The molecule has 0 saturated carbocycles. The van der Waals surface area contributed by atoms with Gasteiger partial charge in [-0.1, -0.05) is 0 Å². The standard InChI is InChI=1S/C10H12N2O5/c1-3-11(10(13)14)17-8-4-5-9(12(15)16)7(2)6-8/h4-6H,3H2,1-2H3,(H,13,14). The van der Waals surface area contributed by atoms with Crippen LogP contribution in [0.2, 0.25) is 0 Å². The number of hydrogen-bond donors (Lipinski definition) is 1. The summed E-state index contributed by atoms with van der Waals surface area (Å²) >= 11 is 0. The van der Waals surface area contributed by atoms with Crippen molar-refractivity contribution in [3.8, 4) is 5.75 Å². The van der Waals surface area contributed by atoms with E-state index in [1.54, 1.807) is 13.8 Å². The van der Waals surface area contributed by atoms with Crippen molar-refractivity contribution in [3.63, 3.8) is 0 Å². The molecule has 1 aromatic rings. The van der Waals surface area contributed by atoms with E-state index in [9.17, 15) is 14.9 Å². The molecule has 0 heterocycles. The molecule has 1 aromatic carbocycles. The highest BCUT2D eigenvalue weighted by atomic mass is 16.7. The molecule has 0 bridgehead atoms. The Morgan fingerprint density at radius 1 is 1.59 bits per heavy atom. The maximum absolute atomic E-state index is 10.7. The van der Waals surface area contributed by atoms with Crippen molar-refractivity contribution < 1.29 is 19.7 Å². The lowest BCUT2D eigenvalue weighted by molar-refractivity contribution is -0.385. The number of rotatable bonds is 4. The van der Waals surface area contributed by atoms with E-state index < -0.39 is 11.0 Å². The summed E-state index contributed by atoms with van der Waals surface area (Å²) < 4.78 is 0. The number of hydroxylamine groups is 2. The van der Waals surface area contributed by atoms with Crippen LogP contribution in [0.25, 0.3) is 0 Å².